The molecule has 0 unspecified atom stereocenters. The van der Waals surface area contributed by atoms with E-state index < -0.39 is 0 Å². The lowest BCUT2D eigenvalue weighted by molar-refractivity contribution is 0.490. The lowest BCUT2D eigenvalue weighted by Crippen LogP contribution is -2.23. The highest BCUT2D eigenvalue weighted by Crippen LogP contribution is 2.58. The van der Waals surface area contributed by atoms with Gasteiger partial charge < -0.3 is 0 Å². The lowest BCUT2D eigenvalue weighted by Gasteiger charge is -2.30. The predicted octanol–water partition coefficient (Wildman–Crippen LogP) is 21.4. The van der Waals surface area contributed by atoms with Crippen molar-refractivity contribution in [3.8, 4) is 100 Å². The van der Waals surface area contributed by atoms with Gasteiger partial charge >= 0.3 is 0 Å². The summed E-state index contributed by atoms with van der Waals surface area (Å²) in [6.07, 6.45) is 4.39. The van der Waals surface area contributed by atoms with Crippen molar-refractivity contribution in [1.29, 1.82) is 0 Å². The molecule has 0 fully saturated rings. The molecule has 0 heterocycles. The normalized spacial score (nSPS) is 16.7. The summed E-state index contributed by atoms with van der Waals surface area (Å²) in [6.45, 7) is 24.0. The zero-order valence-corrected chi connectivity index (χ0v) is 47.8. The molecule has 0 saturated heterocycles. The molecule has 0 radical (unpaired) electrons. The van der Waals surface area contributed by atoms with E-state index in [1.54, 1.807) is 0 Å². The molecule has 0 bridgehead atoms. The van der Waals surface area contributed by atoms with Crippen LogP contribution in [0.4, 0.5) is 0 Å². The molecule has 0 nitrogen and oxygen atoms in total. The van der Waals surface area contributed by atoms with Crippen molar-refractivity contribution < 1.29 is 0 Å². The van der Waals surface area contributed by atoms with Gasteiger partial charge in [0.15, 0.2) is 0 Å². The molecule has 79 heavy (non-hydrogen) atoms. The molecular weight excluding hydrogens is 949 g/mol. The van der Waals surface area contributed by atoms with Crippen LogP contribution in [0.25, 0.3) is 100 Å². The van der Waals surface area contributed by atoms with Crippen LogP contribution in [-0.2, 0) is 27.1 Å². The average molecular weight is 1020 g/mol. The third-order valence-electron chi connectivity index (χ3n) is 21.3. The Morgan fingerprint density at radius 3 is 0.595 bits per heavy atom. The van der Waals surface area contributed by atoms with Crippen molar-refractivity contribution in [3.05, 3.63) is 250 Å². The Labute approximate surface area is 469 Å². The largest absolute Gasteiger partial charge is 0.0642 e. The van der Waals surface area contributed by atoms with Gasteiger partial charge in [-0.25, -0.2) is 0 Å². The first-order valence-corrected chi connectivity index (χ1v) is 29.6. The Balaban J connectivity index is 0.708. The molecule has 0 atom stereocenters. The minimum absolute atomic E-state index is 0.0565. The molecular formula is C79H70. The molecule has 10 aromatic carbocycles. The molecule has 0 aromatic heterocycles. The standard InChI is InChI=1S/C79H70/c1-11-78(12-2)65-21-17-15-19-55(65)63-37-29-53(45-73(63)78)51-27-35-61-59-33-25-49(41-69(59)76(7,8)71(61)43-51)47-23-31-57-58-32-24-48(40-68(58)75(5,6)67(57)39-47)50-26-34-60-62-36-28-52(44-72(62)77(9,10)70(60)42-50)54-30-38-64-56-20-16-18-22-66(56)79(13-3,14-4)74(64)46-54/h15-46H,11-14H2,1-10H3. The van der Waals surface area contributed by atoms with E-state index in [-0.39, 0.29) is 27.1 Å². The molecule has 0 N–H and O–H groups in total. The van der Waals surface area contributed by atoms with Crippen LogP contribution in [-0.4, -0.2) is 0 Å². The van der Waals surface area contributed by atoms with Crippen molar-refractivity contribution in [2.45, 2.75) is 122 Å². The second-order valence-corrected chi connectivity index (χ2v) is 25.6. The molecule has 0 amide bonds. The van der Waals surface area contributed by atoms with Crippen LogP contribution in [0.15, 0.2) is 194 Å². The zero-order chi connectivity index (χ0) is 54.1. The Kier molecular flexibility index (Phi) is 10.2. The third kappa shape index (κ3) is 6.38. The highest BCUT2D eigenvalue weighted by Gasteiger charge is 2.44. The summed E-state index contributed by atoms with van der Waals surface area (Å²) in [6, 6.07) is 76.3. The van der Waals surface area contributed by atoms with Crippen LogP contribution in [0.2, 0.25) is 0 Å². The van der Waals surface area contributed by atoms with Crippen LogP contribution < -0.4 is 0 Å². The monoisotopic (exact) mass is 1020 g/mol. The van der Waals surface area contributed by atoms with Crippen LogP contribution in [0.1, 0.15) is 151 Å². The molecule has 0 heteroatoms. The molecule has 0 aliphatic heterocycles. The number of hydrogen-bond acceptors (Lipinski definition) is 0. The van der Waals surface area contributed by atoms with Crippen LogP contribution in [0.5, 0.6) is 0 Å². The van der Waals surface area contributed by atoms with Gasteiger partial charge in [0.1, 0.15) is 0 Å². The van der Waals surface area contributed by atoms with E-state index in [0.29, 0.717) is 0 Å². The highest BCUT2D eigenvalue weighted by molar-refractivity contribution is 5.92. The van der Waals surface area contributed by atoms with Crippen LogP contribution in [0.3, 0.4) is 0 Å². The van der Waals surface area contributed by atoms with Crippen molar-refractivity contribution in [1.82, 2.24) is 0 Å². The van der Waals surface area contributed by atoms with Gasteiger partial charge in [0.2, 0.25) is 0 Å². The molecule has 5 aliphatic rings. The summed E-state index contributed by atoms with van der Waals surface area (Å²) in [5.41, 5.74) is 38.2. The topological polar surface area (TPSA) is 0 Å². The number of benzene rings is 10. The summed E-state index contributed by atoms with van der Waals surface area (Å²) in [5.74, 6) is 0. The second-order valence-electron chi connectivity index (χ2n) is 25.6. The zero-order valence-electron chi connectivity index (χ0n) is 47.8. The van der Waals surface area contributed by atoms with Gasteiger partial charge in [-0.05, 0) is 230 Å². The Bertz CT molecular complexity index is 3990. The van der Waals surface area contributed by atoms with Gasteiger partial charge in [0.25, 0.3) is 0 Å². The summed E-state index contributed by atoms with van der Waals surface area (Å²) < 4.78 is 0. The maximum atomic E-state index is 2.52. The summed E-state index contributed by atoms with van der Waals surface area (Å²) in [5, 5.41) is 0. The number of fused-ring (bicyclic) bond motifs is 15. The van der Waals surface area contributed by atoms with Crippen LogP contribution in [0, 0.1) is 0 Å². The Morgan fingerprint density at radius 2 is 0.380 bits per heavy atom. The van der Waals surface area contributed by atoms with Gasteiger partial charge in [0.05, 0.1) is 0 Å². The van der Waals surface area contributed by atoms with E-state index in [0.717, 1.165) is 25.7 Å². The smallest absolute Gasteiger partial charge is 0.0210 e. The van der Waals surface area contributed by atoms with E-state index in [1.165, 1.54) is 156 Å². The van der Waals surface area contributed by atoms with E-state index in [9.17, 15) is 0 Å². The fraction of sp³-hybridized carbons (Fsp3) is 0.241. The molecule has 5 aliphatic carbocycles. The van der Waals surface area contributed by atoms with Crippen molar-refractivity contribution in [2.24, 2.45) is 0 Å². The fourth-order valence-corrected chi connectivity index (χ4v) is 16.6. The van der Waals surface area contributed by atoms with E-state index in [1.807, 2.05) is 0 Å². The lowest BCUT2D eigenvalue weighted by atomic mass is 9.73. The first kappa shape index (κ1) is 48.3. The summed E-state index contributed by atoms with van der Waals surface area (Å²) in [7, 11) is 0. The quantitative estimate of drug-likeness (QED) is 0.142. The Hall–Kier alpha value is -7.80. The van der Waals surface area contributed by atoms with E-state index in [2.05, 4.69) is 263 Å². The summed E-state index contributed by atoms with van der Waals surface area (Å²) in [4.78, 5) is 0. The van der Waals surface area contributed by atoms with E-state index >= 15 is 0 Å². The first-order chi connectivity index (χ1) is 38.2. The number of hydrogen-bond donors (Lipinski definition) is 0. The molecule has 10 aromatic rings. The molecule has 386 valence electrons. The molecule has 15 rings (SSSR count). The maximum absolute atomic E-state index is 2.52. The fourth-order valence-electron chi connectivity index (χ4n) is 16.6. The second kappa shape index (κ2) is 16.6. The molecule has 0 spiro atoms. The predicted molar refractivity (Wildman–Crippen MR) is 334 cm³/mol. The number of rotatable bonds is 8. The van der Waals surface area contributed by atoms with E-state index in [4.69, 9.17) is 0 Å². The van der Waals surface area contributed by atoms with Crippen molar-refractivity contribution in [2.75, 3.05) is 0 Å². The van der Waals surface area contributed by atoms with Crippen molar-refractivity contribution in [3.63, 3.8) is 0 Å². The average Bonchev–Trinajstić information content (AvgIpc) is 4.24. The van der Waals surface area contributed by atoms with Gasteiger partial charge in [-0.3, -0.25) is 0 Å². The third-order valence-corrected chi connectivity index (χ3v) is 21.3. The van der Waals surface area contributed by atoms with Gasteiger partial charge in [-0.1, -0.05) is 215 Å². The van der Waals surface area contributed by atoms with Gasteiger partial charge in [0, 0.05) is 27.1 Å². The maximum Gasteiger partial charge on any atom is 0.0210 e. The van der Waals surface area contributed by atoms with Gasteiger partial charge in [-0.2, -0.15) is 0 Å². The first-order valence-electron chi connectivity index (χ1n) is 29.6. The van der Waals surface area contributed by atoms with Crippen molar-refractivity contribution >= 4 is 0 Å². The highest BCUT2D eigenvalue weighted by atomic mass is 14.5. The summed E-state index contributed by atoms with van der Waals surface area (Å²) >= 11 is 0. The Morgan fingerprint density at radius 1 is 0.203 bits per heavy atom. The minimum atomic E-state index is -0.162. The SMILES string of the molecule is CCC1(CC)c2ccccc2-c2ccc(-c3ccc4c(c3)C(C)(C)c3cc(-c5ccc6c(c5)C(C)(C)c5cc(-c7ccc8c(c7)C(C)(C)c7cc(-c9ccc%10c(c9)C(CC)(CC)c9ccccc9-%10)ccc7-8)ccc5-6)ccc3-4)cc21. The van der Waals surface area contributed by atoms with Gasteiger partial charge in [-0.15, -0.1) is 0 Å². The van der Waals surface area contributed by atoms with Crippen LogP contribution >= 0.6 is 0 Å². The minimum Gasteiger partial charge on any atom is -0.0642 e. The molecule has 0 saturated carbocycles.